The average molecular weight is 320 g/mol. The summed E-state index contributed by atoms with van der Waals surface area (Å²) >= 11 is 0. The van der Waals surface area contributed by atoms with Gasteiger partial charge in [-0.3, -0.25) is 9.59 Å². The number of nitrogens with one attached hydrogen (secondary N) is 1. The van der Waals surface area contributed by atoms with Gasteiger partial charge in [0.05, 0.1) is 5.69 Å². The first-order valence-electron chi connectivity index (χ1n) is 8.42. The van der Waals surface area contributed by atoms with Crippen LogP contribution >= 0.6 is 0 Å². The molecule has 122 valence electrons. The molecule has 24 heavy (non-hydrogen) atoms. The zero-order valence-electron chi connectivity index (χ0n) is 13.8. The van der Waals surface area contributed by atoms with Gasteiger partial charge in [-0.05, 0) is 48.6 Å². The van der Waals surface area contributed by atoms with Gasteiger partial charge >= 0.3 is 0 Å². The van der Waals surface area contributed by atoms with Gasteiger partial charge in [-0.15, -0.1) is 0 Å². The Hall–Kier alpha value is -2.62. The van der Waals surface area contributed by atoms with E-state index in [9.17, 15) is 9.59 Å². The predicted octanol–water partition coefficient (Wildman–Crippen LogP) is 2.76. The molecular formula is C20H20N2O2. The largest absolute Gasteiger partial charge is 0.348 e. The number of hydrogen-bond donors (Lipinski definition) is 1. The number of anilines is 1. The smallest absolute Gasteiger partial charge is 0.251 e. The molecular weight excluding hydrogens is 300 g/mol. The Morgan fingerprint density at radius 3 is 2.54 bits per heavy atom. The molecule has 4 nitrogen and oxygen atoms in total. The van der Waals surface area contributed by atoms with E-state index in [1.165, 1.54) is 5.56 Å². The fourth-order valence-corrected chi connectivity index (χ4v) is 3.58. The zero-order chi connectivity index (χ0) is 16.7. The van der Waals surface area contributed by atoms with Crippen LogP contribution in [0.25, 0.3) is 0 Å². The van der Waals surface area contributed by atoms with Crippen molar-refractivity contribution in [3.05, 3.63) is 64.2 Å². The molecule has 0 spiro atoms. The number of aryl methyl sites for hydroxylation is 2. The van der Waals surface area contributed by atoms with Crippen LogP contribution in [0.1, 0.15) is 39.0 Å². The van der Waals surface area contributed by atoms with Gasteiger partial charge in [-0.1, -0.05) is 29.8 Å². The highest BCUT2D eigenvalue weighted by molar-refractivity contribution is 6.01. The lowest BCUT2D eigenvalue weighted by Gasteiger charge is -2.25. The predicted molar refractivity (Wildman–Crippen MR) is 93.2 cm³/mol. The van der Waals surface area contributed by atoms with E-state index in [-0.39, 0.29) is 11.8 Å². The summed E-state index contributed by atoms with van der Waals surface area (Å²) in [7, 11) is 0. The molecule has 0 saturated heterocycles. The van der Waals surface area contributed by atoms with Crippen molar-refractivity contribution in [2.45, 2.75) is 32.7 Å². The Morgan fingerprint density at radius 1 is 1.08 bits per heavy atom. The summed E-state index contributed by atoms with van der Waals surface area (Å²) in [5, 5.41) is 3.00. The first kappa shape index (κ1) is 14.9. The molecule has 0 radical (unpaired) electrons. The van der Waals surface area contributed by atoms with E-state index < -0.39 is 0 Å². The fourth-order valence-electron chi connectivity index (χ4n) is 3.58. The van der Waals surface area contributed by atoms with Crippen LogP contribution in [0.2, 0.25) is 0 Å². The molecule has 0 aliphatic carbocycles. The van der Waals surface area contributed by atoms with Gasteiger partial charge < -0.3 is 10.2 Å². The van der Waals surface area contributed by atoms with Crippen molar-refractivity contribution >= 4 is 17.5 Å². The minimum atomic E-state index is -0.0509. The molecule has 4 rings (SSSR count). The van der Waals surface area contributed by atoms with Crippen LogP contribution in [0.4, 0.5) is 5.69 Å². The van der Waals surface area contributed by atoms with Crippen LogP contribution in [0.5, 0.6) is 0 Å². The number of nitrogens with zero attached hydrogens (tertiary/aromatic N) is 1. The van der Waals surface area contributed by atoms with Gasteiger partial charge in [0.2, 0.25) is 5.91 Å². The van der Waals surface area contributed by atoms with E-state index in [1.807, 2.05) is 48.2 Å². The number of benzene rings is 2. The lowest BCUT2D eigenvalue weighted by atomic mass is 9.96. The molecule has 0 aromatic heterocycles. The molecule has 1 N–H and O–H groups in total. The van der Waals surface area contributed by atoms with Crippen LogP contribution < -0.4 is 10.2 Å². The maximum Gasteiger partial charge on any atom is 0.251 e. The highest BCUT2D eigenvalue weighted by Crippen LogP contribution is 2.37. The van der Waals surface area contributed by atoms with E-state index in [0.29, 0.717) is 18.5 Å². The van der Waals surface area contributed by atoms with E-state index in [2.05, 4.69) is 5.32 Å². The molecule has 0 atom stereocenters. The second-order valence-corrected chi connectivity index (χ2v) is 6.61. The van der Waals surface area contributed by atoms with Gasteiger partial charge in [0.25, 0.3) is 5.91 Å². The monoisotopic (exact) mass is 320 g/mol. The van der Waals surface area contributed by atoms with E-state index in [1.54, 1.807) is 0 Å². The summed E-state index contributed by atoms with van der Waals surface area (Å²) in [5.41, 5.74) is 6.31. The average Bonchev–Trinajstić information content (AvgIpc) is 3.03. The van der Waals surface area contributed by atoms with Crippen molar-refractivity contribution in [3.8, 4) is 0 Å². The number of carbonyl (C=O) groups is 2. The molecule has 2 aromatic carbocycles. The molecule has 2 amide bonds. The Bertz CT molecular complexity index is 824. The number of amides is 2. The fraction of sp³-hybridized carbons (Fsp3) is 0.300. The standard InChI is InChI=1S/C20H20N2O2/c1-13-2-4-14(5-3-13)12-21-20(24)17-10-15-6-7-18(23)22-9-8-16(11-17)19(15)22/h2-5,10-11H,6-9,12H2,1H3,(H,21,24). The Balaban J connectivity index is 1.53. The van der Waals surface area contributed by atoms with Crippen LogP contribution in [0.3, 0.4) is 0 Å². The molecule has 0 saturated carbocycles. The minimum absolute atomic E-state index is 0.0509. The zero-order valence-corrected chi connectivity index (χ0v) is 13.8. The maximum absolute atomic E-state index is 12.5. The van der Waals surface area contributed by atoms with Gasteiger partial charge in [0.15, 0.2) is 0 Å². The highest BCUT2D eigenvalue weighted by Gasteiger charge is 2.31. The molecule has 4 heteroatoms. The summed E-state index contributed by atoms with van der Waals surface area (Å²) in [5.74, 6) is 0.155. The van der Waals surface area contributed by atoms with E-state index in [0.717, 1.165) is 41.8 Å². The molecule has 2 aromatic rings. The second-order valence-electron chi connectivity index (χ2n) is 6.61. The SMILES string of the molecule is Cc1ccc(CNC(=O)c2cc3c4c(c2)CCN4C(=O)CC3)cc1. The number of rotatable bonds is 3. The van der Waals surface area contributed by atoms with Crippen molar-refractivity contribution in [2.75, 3.05) is 11.4 Å². The number of carbonyl (C=O) groups excluding carboxylic acids is 2. The third-order valence-electron chi connectivity index (χ3n) is 4.89. The molecule has 2 aliphatic heterocycles. The summed E-state index contributed by atoms with van der Waals surface area (Å²) in [6.07, 6.45) is 2.12. The summed E-state index contributed by atoms with van der Waals surface area (Å²) < 4.78 is 0. The third kappa shape index (κ3) is 2.58. The van der Waals surface area contributed by atoms with Gasteiger partial charge in [-0.2, -0.15) is 0 Å². The molecule has 2 heterocycles. The molecule has 2 aliphatic rings. The first-order chi connectivity index (χ1) is 11.6. The second kappa shape index (κ2) is 5.78. The van der Waals surface area contributed by atoms with Crippen molar-refractivity contribution < 1.29 is 9.59 Å². The van der Waals surface area contributed by atoms with E-state index in [4.69, 9.17) is 0 Å². The van der Waals surface area contributed by atoms with Gasteiger partial charge in [-0.25, -0.2) is 0 Å². The third-order valence-corrected chi connectivity index (χ3v) is 4.89. The van der Waals surface area contributed by atoms with E-state index >= 15 is 0 Å². The van der Waals surface area contributed by atoms with Crippen LogP contribution in [-0.2, 0) is 24.2 Å². The van der Waals surface area contributed by atoms with Crippen molar-refractivity contribution in [1.29, 1.82) is 0 Å². The lowest BCUT2D eigenvalue weighted by Crippen LogP contribution is -2.33. The Labute approximate surface area is 141 Å². The minimum Gasteiger partial charge on any atom is -0.348 e. The van der Waals surface area contributed by atoms with Crippen LogP contribution in [0, 0.1) is 6.92 Å². The summed E-state index contributed by atoms with van der Waals surface area (Å²) in [4.78, 5) is 26.4. The van der Waals surface area contributed by atoms with Crippen molar-refractivity contribution in [2.24, 2.45) is 0 Å². The molecule has 0 bridgehead atoms. The van der Waals surface area contributed by atoms with Gasteiger partial charge in [0.1, 0.15) is 0 Å². The molecule has 0 unspecified atom stereocenters. The normalized spacial score (nSPS) is 15.4. The van der Waals surface area contributed by atoms with Crippen LogP contribution in [-0.4, -0.2) is 18.4 Å². The topological polar surface area (TPSA) is 49.4 Å². The van der Waals surface area contributed by atoms with Crippen molar-refractivity contribution in [3.63, 3.8) is 0 Å². The van der Waals surface area contributed by atoms with Crippen molar-refractivity contribution in [1.82, 2.24) is 5.32 Å². The molecule has 0 fully saturated rings. The Morgan fingerprint density at radius 2 is 1.79 bits per heavy atom. The highest BCUT2D eigenvalue weighted by atomic mass is 16.2. The summed E-state index contributed by atoms with van der Waals surface area (Å²) in [6, 6.07) is 12.1. The van der Waals surface area contributed by atoms with Crippen LogP contribution in [0.15, 0.2) is 36.4 Å². The lowest BCUT2D eigenvalue weighted by molar-refractivity contribution is -0.118. The summed E-state index contributed by atoms with van der Waals surface area (Å²) in [6.45, 7) is 3.32. The maximum atomic E-state index is 12.5. The first-order valence-corrected chi connectivity index (χ1v) is 8.42. The van der Waals surface area contributed by atoms with Gasteiger partial charge in [0, 0.05) is 25.1 Å². The number of hydrogen-bond acceptors (Lipinski definition) is 2. The Kier molecular flexibility index (Phi) is 3.60. The quantitative estimate of drug-likeness (QED) is 0.945.